The van der Waals surface area contributed by atoms with Crippen LogP contribution < -0.4 is 4.74 Å². The molecule has 1 aromatic heterocycles. The highest BCUT2D eigenvalue weighted by Crippen LogP contribution is 2.29. The smallest absolute Gasteiger partial charge is 0.337 e. The summed E-state index contributed by atoms with van der Waals surface area (Å²) in [6.45, 7) is 1.17. The average molecular weight is 498 g/mol. The fourth-order valence-electron chi connectivity index (χ4n) is 5.40. The Balaban J connectivity index is 1.22. The predicted octanol–water partition coefficient (Wildman–Crippen LogP) is 5.78. The fraction of sp³-hybridized carbons (Fsp3) is 0.290. The van der Waals surface area contributed by atoms with E-state index < -0.39 is 11.9 Å². The summed E-state index contributed by atoms with van der Waals surface area (Å²) in [7, 11) is 0. The molecule has 0 bridgehead atoms. The number of fused-ring (bicyclic) bond motifs is 2. The molecule has 6 nitrogen and oxygen atoms in total. The van der Waals surface area contributed by atoms with E-state index in [1.807, 2.05) is 34.9 Å². The molecule has 0 amide bonds. The van der Waals surface area contributed by atoms with Crippen LogP contribution in [0.15, 0.2) is 72.9 Å². The molecule has 1 heterocycles. The molecule has 4 aromatic rings. The minimum absolute atomic E-state index is 0.0514. The van der Waals surface area contributed by atoms with Gasteiger partial charge >= 0.3 is 11.9 Å². The van der Waals surface area contributed by atoms with E-state index in [4.69, 9.17) is 9.84 Å². The van der Waals surface area contributed by atoms with Crippen LogP contribution in [0.1, 0.15) is 45.5 Å². The van der Waals surface area contributed by atoms with Gasteiger partial charge in [-0.25, -0.2) is 4.79 Å². The zero-order chi connectivity index (χ0) is 25.8. The summed E-state index contributed by atoms with van der Waals surface area (Å²) < 4.78 is 7.94. The van der Waals surface area contributed by atoms with Gasteiger partial charge in [-0.2, -0.15) is 0 Å². The number of benzene rings is 3. The van der Waals surface area contributed by atoms with Crippen molar-refractivity contribution in [3.05, 3.63) is 101 Å². The summed E-state index contributed by atoms with van der Waals surface area (Å²) in [5.41, 5.74) is 6.10. The zero-order valence-electron chi connectivity index (χ0n) is 20.7. The Bertz CT molecular complexity index is 1390. The van der Waals surface area contributed by atoms with Gasteiger partial charge in [-0.15, -0.1) is 0 Å². The topological polar surface area (TPSA) is 88.8 Å². The van der Waals surface area contributed by atoms with Crippen LogP contribution in [0.4, 0.5) is 0 Å². The number of carbonyl (C=O) groups is 2. The van der Waals surface area contributed by atoms with Crippen molar-refractivity contribution in [3.63, 3.8) is 0 Å². The van der Waals surface area contributed by atoms with Crippen LogP contribution in [0.2, 0.25) is 0 Å². The normalized spacial score (nSPS) is 13.1. The highest BCUT2D eigenvalue weighted by Gasteiger charge is 2.21. The largest absolute Gasteiger partial charge is 0.493 e. The summed E-state index contributed by atoms with van der Waals surface area (Å²) in [6, 6.07) is 22.6. The molecule has 0 saturated carbocycles. The zero-order valence-corrected chi connectivity index (χ0v) is 20.7. The van der Waals surface area contributed by atoms with Crippen LogP contribution in [-0.2, 0) is 37.0 Å². The molecule has 37 heavy (non-hydrogen) atoms. The monoisotopic (exact) mass is 497 g/mol. The molecule has 0 atom stereocenters. The first-order valence-corrected chi connectivity index (χ1v) is 12.8. The number of ether oxygens (including phenoxy) is 1. The molecule has 190 valence electrons. The molecule has 2 N–H and O–H groups in total. The number of aromatic nitrogens is 1. The van der Waals surface area contributed by atoms with Gasteiger partial charge in [0.1, 0.15) is 5.75 Å². The van der Waals surface area contributed by atoms with Gasteiger partial charge in [-0.05, 0) is 72.6 Å². The van der Waals surface area contributed by atoms with Crippen molar-refractivity contribution < 1.29 is 24.5 Å². The quantitative estimate of drug-likeness (QED) is 0.274. The van der Waals surface area contributed by atoms with Crippen molar-refractivity contribution in [3.8, 4) is 5.75 Å². The lowest BCUT2D eigenvalue weighted by atomic mass is 9.99. The van der Waals surface area contributed by atoms with Crippen LogP contribution >= 0.6 is 0 Å². The highest BCUT2D eigenvalue weighted by atomic mass is 16.5. The maximum absolute atomic E-state index is 12.0. The number of aromatic carboxylic acids is 1. The number of nitrogens with zero attached hydrogens (tertiary/aromatic N) is 1. The summed E-state index contributed by atoms with van der Waals surface area (Å²) >= 11 is 0. The lowest BCUT2D eigenvalue weighted by Gasteiger charge is -2.12. The molecule has 1 aliphatic rings. The van der Waals surface area contributed by atoms with Crippen LogP contribution in [0.3, 0.4) is 0 Å². The van der Waals surface area contributed by atoms with Gasteiger partial charge in [0, 0.05) is 36.0 Å². The first kappa shape index (κ1) is 24.6. The molecular formula is C31H31NO5. The lowest BCUT2D eigenvalue weighted by Crippen LogP contribution is -2.12. The van der Waals surface area contributed by atoms with Gasteiger partial charge in [0.2, 0.25) is 0 Å². The second kappa shape index (κ2) is 10.9. The van der Waals surface area contributed by atoms with E-state index in [-0.39, 0.29) is 12.0 Å². The van der Waals surface area contributed by atoms with E-state index in [0.29, 0.717) is 31.9 Å². The molecule has 0 fully saturated rings. The van der Waals surface area contributed by atoms with E-state index >= 15 is 0 Å². The Morgan fingerprint density at radius 2 is 1.62 bits per heavy atom. The number of hydrogen-bond acceptors (Lipinski definition) is 3. The van der Waals surface area contributed by atoms with Crippen molar-refractivity contribution in [2.75, 3.05) is 6.61 Å². The SMILES string of the molecule is O=C(O)CCCn1cc(C(=O)O)c2c(CCc3ccc(OCC4Cc5ccccc5C4)cc3)cccc21. The molecule has 3 aromatic carbocycles. The van der Waals surface area contributed by atoms with E-state index in [9.17, 15) is 14.7 Å². The van der Waals surface area contributed by atoms with Gasteiger partial charge < -0.3 is 19.5 Å². The number of carboxylic acids is 2. The molecule has 0 unspecified atom stereocenters. The molecule has 5 rings (SSSR count). The maximum Gasteiger partial charge on any atom is 0.337 e. The van der Waals surface area contributed by atoms with Crippen molar-refractivity contribution in [1.82, 2.24) is 4.57 Å². The van der Waals surface area contributed by atoms with Gasteiger partial charge in [-0.1, -0.05) is 48.5 Å². The summed E-state index contributed by atoms with van der Waals surface area (Å²) in [5.74, 6) is -0.441. The van der Waals surface area contributed by atoms with E-state index in [1.165, 1.54) is 11.1 Å². The van der Waals surface area contributed by atoms with Gasteiger partial charge in [0.25, 0.3) is 0 Å². The first-order valence-electron chi connectivity index (χ1n) is 12.8. The van der Waals surface area contributed by atoms with Crippen molar-refractivity contribution >= 4 is 22.8 Å². The maximum atomic E-state index is 12.0. The molecule has 1 aliphatic carbocycles. The predicted molar refractivity (Wildman–Crippen MR) is 142 cm³/mol. The van der Waals surface area contributed by atoms with E-state index in [2.05, 4.69) is 36.4 Å². The van der Waals surface area contributed by atoms with E-state index in [1.54, 1.807) is 6.20 Å². The van der Waals surface area contributed by atoms with Crippen LogP contribution in [0.25, 0.3) is 10.9 Å². The second-order valence-electron chi connectivity index (χ2n) is 9.85. The number of carboxylic acid groups (broad SMARTS) is 2. The number of hydrogen-bond donors (Lipinski definition) is 2. The molecular weight excluding hydrogens is 466 g/mol. The number of aryl methyl sites for hydroxylation is 3. The Morgan fingerprint density at radius 1 is 0.892 bits per heavy atom. The van der Waals surface area contributed by atoms with Crippen molar-refractivity contribution in [2.24, 2.45) is 5.92 Å². The fourth-order valence-corrected chi connectivity index (χ4v) is 5.40. The summed E-state index contributed by atoms with van der Waals surface area (Å²) in [6.07, 6.45) is 5.75. The van der Waals surface area contributed by atoms with E-state index in [0.717, 1.165) is 47.0 Å². The number of aliphatic carboxylic acids is 1. The van der Waals surface area contributed by atoms with Crippen LogP contribution in [0.5, 0.6) is 5.75 Å². The number of rotatable bonds is 11. The third-order valence-corrected chi connectivity index (χ3v) is 7.24. The van der Waals surface area contributed by atoms with Crippen molar-refractivity contribution in [1.29, 1.82) is 0 Å². The Morgan fingerprint density at radius 3 is 2.30 bits per heavy atom. The summed E-state index contributed by atoms with van der Waals surface area (Å²) in [5, 5.41) is 19.5. The van der Waals surface area contributed by atoms with Gasteiger partial charge in [0.05, 0.1) is 12.2 Å². The molecule has 0 radical (unpaired) electrons. The van der Waals surface area contributed by atoms with Gasteiger partial charge in [0.15, 0.2) is 0 Å². The lowest BCUT2D eigenvalue weighted by molar-refractivity contribution is -0.137. The third kappa shape index (κ3) is 5.69. The average Bonchev–Trinajstić information content (AvgIpc) is 3.48. The third-order valence-electron chi connectivity index (χ3n) is 7.24. The Kier molecular flexibility index (Phi) is 7.26. The first-order chi connectivity index (χ1) is 18.0. The van der Waals surface area contributed by atoms with Crippen molar-refractivity contribution in [2.45, 2.75) is 45.1 Å². The highest BCUT2D eigenvalue weighted by molar-refractivity contribution is 6.05. The molecule has 6 heteroatoms. The summed E-state index contributed by atoms with van der Waals surface area (Å²) in [4.78, 5) is 22.9. The molecule has 0 spiro atoms. The standard InChI is InChI=1S/C31H31NO5/c33-29(34)9-4-16-32-19-27(31(35)36)30-23(7-3-8-28(30)32)13-10-21-11-14-26(15-12-21)37-20-22-17-24-5-1-2-6-25(24)18-22/h1-3,5-8,11-12,14-15,19,22H,4,9-10,13,16-18,20H2,(H,33,34)(H,35,36). The van der Waals surface area contributed by atoms with Crippen LogP contribution in [0, 0.1) is 5.92 Å². The Labute approximate surface area is 216 Å². The van der Waals surface area contributed by atoms with Crippen LogP contribution in [-0.4, -0.2) is 33.3 Å². The molecule has 0 saturated heterocycles. The Hall–Kier alpha value is -4.06. The molecule has 0 aliphatic heterocycles. The minimum atomic E-state index is -0.971. The van der Waals surface area contributed by atoms with Gasteiger partial charge in [-0.3, -0.25) is 4.79 Å². The second-order valence-corrected chi connectivity index (χ2v) is 9.85. The minimum Gasteiger partial charge on any atom is -0.493 e.